The lowest BCUT2D eigenvalue weighted by molar-refractivity contribution is 0.411. The topological polar surface area (TPSA) is 26.3 Å². The van der Waals surface area contributed by atoms with E-state index in [1.165, 1.54) is 12.5 Å². The Balaban J connectivity index is 3.72. The van der Waals surface area contributed by atoms with Gasteiger partial charge in [0.2, 0.25) is 0 Å². The van der Waals surface area contributed by atoms with Gasteiger partial charge in [0.25, 0.3) is 6.72 Å². The van der Waals surface area contributed by atoms with Crippen LogP contribution in [0.2, 0.25) is 0 Å². The molecule has 48 valence electrons. The van der Waals surface area contributed by atoms with Crippen molar-refractivity contribution in [1.82, 2.24) is 0 Å². The molecule has 0 rings (SSSR count). The summed E-state index contributed by atoms with van der Waals surface area (Å²) in [6.07, 6.45) is 0.153. The third-order valence-corrected chi connectivity index (χ3v) is 2.97. The van der Waals surface area contributed by atoms with E-state index in [1.54, 1.807) is 0 Å². The first-order valence-corrected chi connectivity index (χ1v) is 5.09. The molecular formula is C3H6ClO2PS. The first-order chi connectivity index (χ1) is 3.62. The molecule has 0 N–H and O–H groups in total. The fraction of sp³-hybridized carbons (Fsp3) is 0.667. The van der Waals surface area contributed by atoms with Gasteiger partial charge in [-0.3, -0.25) is 4.57 Å². The van der Waals surface area contributed by atoms with Gasteiger partial charge in [-0.25, -0.2) is 0 Å². The molecule has 2 nitrogen and oxygen atoms in total. The molecule has 0 aromatic carbocycles. The smallest absolute Gasteiger partial charge is 0.294 e. The zero-order valence-corrected chi connectivity index (χ0v) is 6.80. The lowest BCUT2D eigenvalue weighted by Gasteiger charge is -2.00. The molecule has 8 heavy (non-hydrogen) atoms. The standard InChI is InChI=1S/C3H6ClO2PS/c1-6-7(4,5)2-3-8/h3H,2H2,1H3. The molecule has 0 spiro atoms. The predicted molar refractivity (Wildman–Crippen MR) is 39.0 cm³/mol. The minimum Gasteiger partial charge on any atom is -0.321 e. The van der Waals surface area contributed by atoms with E-state index in [9.17, 15) is 4.57 Å². The van der Waals surface area contributed by atoms with Gasteiger partial charge < -0.3 is 4.52 Å². The van der Waals surface area contributed by atoms with Crippen molar-refractivity contribution in [2.75, 3.05) is 13.3 Å². The van der Waals surface area contributed by atoms with Crippen molar-refractivity contribution in [2.24, 2.45) is 0 Å². The Morgan fingerprint density at radius 1 is 2.00 bits per heavy atom. The summed E-state index contributed by atoms with van der Waals surface area (Å²) >= 11 is 9.66. The van der Waals surface area contributed by atoms with Crippen LogP contribution in [0.4, 0.5) is 0 Å². The Morgan fingerprint density at radius 2 is 2.50 bits per heavy atom. The van der Waals surface area contributed by atoms with Crippen LogP contribution >= 0.6 is 30.2 Å². The number of hydrogen-bond donors (Lipinski definition) is 0. The number of rotatable bonds is 3. The van der Waals surface area contributed by atoms with Gasteiger partial charge in [-0.1, -0.05) is 12.2 Å². The lowest BCUT2D eigenvalue weighted by atomic mass is 11.0. The van der Waals surface area contributed by atoms with Gasteiger partial charge in [0.05, 0.1) is 6.16 Å². The molecule has 1 unspecified atom stereocenters. The van der Waals surface area contributed by atoms with E-state index in [0.29, 0.717) is 0 Å². The van der Waals surface area contributed by atoms with E-state index in [1.807, 2.05) is 0 Å². The van der Waals surface area contributed by atoms with Crippen molar-refractivity contribution < 1.29 is 9.09 Å². The molecule has 5 heteroatoms. The van der Waals surface area contributed by atoms with Gasteiger partial charge in [0, 0.05) is 7.11 Å². The zero-order valence-electron chi connectivity index (χ0n) is 4.33. The molecule has 0 aliphatic rings. The number of hydrogen-bond acceptors (Lipinski definition) is 3. The van der Waals surface area contributed by atoms with E-state index >= 15 is 0 Å². The highest BCUT2D eigenvalue weighted by molar-refractivity contribution is 7.88. The molecule has 0 fully saturated rings. The summed E-state index contributed by atoms with van der Waals surface area (Å²) in [7, 11) is 1.30. The lowest BCUT2D eigenvalue weighted by Crippen LogP contribution is -1.83. The maximum Gasteiger partial charge on any atom is 0.294 e. The summed E-state index contributed by atoms with van der Waals surface area (Å²) in [5.41, 5.74) is 0. The second-order valence-corrected chi connectivity index (χ2v) is 4.91. The van der Waals surface area contributed by atoms with E-state index in [0.717, 1.165) is 0 Å². The van der Waals surface area contributed by atoms with Crippen molar-refractivity contribution in [3.05, 3.63) is 0 Å². The van der Waals surface area contributed by atoms with Crippen molar-refractivity contribution in [3.8, 4) is 0 Å². The molecule has 0 aliphatic heterocycles. The van der Waals surface area contributed by atoms with Crippen LogP contribution in [-0.4, -0.2) is 18.6 Å². The largest absolute Gasteiger partial charge is 0.321 e. The monoisotopic (exact) mass is 172 g/mol. The van der Waals surface area contributed by atoms with Crippen LogP contribution in [0.25, 0.3) is 0 Å². The average Bonchev–Trinajstić information content (AvgIpc) is 1.67. The number of halogens is 1. The van der Waals surface area contributed by atoms with Crippen LogP contribution in [-0.2, 0) is 9.09 Å². The van der Waals surface area contributed by atoms with Gasteiger partial charge in [-0.05, 0) is 16.6 Å². The Kier molecular flexibility index (Phi) is 3.82. The van der Waals surface area contributed by atoms with Crippen molar-refractivity contribution in [3.63, 3.8) is 0 Å². The van der Waals surface area contributed by atoms with Crippen LogP contribution in [0.5, 0.6) is 0 Å². The summed E-state index contributed by atoms with van der Waals surface area (Å²) in [6, 6.07) is 0. The highest BCUT2D eigenvalue weighted by Gasteiger charge is 2.13. The van der Waals surface area contributed by atoms with Crippen LogP contribution in [0.15, 0.2) is 0 Å². The Bertz CT molecular complexity index is 126. The second kappa shape index (κ2) is 3.57. The van der Waals surface area contributed by atoms with Gasteiger partial charge in [0.1, 0.15) is 0 Å². The summed E-state index contributed by atoms with van der Waals surface area (Å²) < 4.78 is 15.0. The summed E-state index contributed by atoms with van der Waals surface area (Å²) in [6.45, 7) is -2.86. The Labute approximate surface area is 58.4 Å². The molecular weight excluding hydrogens is 167 g/mol. The van der Waals surface area contributed by atoms with E-state index in [2.05, 4.69) is 16.7 Å². The van der Waals surface area contributed by atoms with Gasteiger partial charge in [-0.2, -0.15) is 0 Å². The highest BCUT2D eigenvalue weighted by atomic mass is 35.7. The molecule has 1 atom stereocenters. The fourth-order valence-electron chi connectivity index (χ4n) is 0.164. The average molecular weight is 173 g/mol. The minimum atomic E-state index is -2.86. The summed E-state index contributed by atoms with van der Waals surface area (Å²) in [5.74, 6) is 0. The molecule has 0 bridgehead atoms. The highest BCUT2D eigenvalue weighted by Crippen LogP contribution is 2.50. The molecule has 0 amide bonds. The molecule has 0 saturated carbocycles. The van der Waals surface area contributed by atoms with E-state index in [4.69, 9.17) is 11.2 Å². The zero-order chi connectivity index (χ0) is 6.62. The maximum absolute atomic E-state index is 10.6. The first kappa shape index (κ1) is 8.57. The molecule has 0 radical (unpaired) electrons. The normalized spacial score (nSPS) is 17.2. The first-order valence-electron chi connectivity index (χ1n) is 1.90. The third kappa shape index (κ3) is 3.56. The second-order valence-electron chi connectivity index (χ2n) is 1.12. The molecule has 0 aromatic rings. The SMILES string of the molecule is COP(=O)(Cl)CC=S. The van der Waals surface area contributed by atoms with Crippen LogP contribution in [0.1, 0.15) is 0 Å². The fourth-order valence-corrected chi connectivity index (χ4v) is 1.53. The third-order valence-electron chi connectivity index (χ3n) is 0.565. The van der Waals surface area contributed by atoms with Gasteiger partial charge >= 0.3 is 0 Å². The predicted octanol–water partition coefficient (Wildman–Crippen LogP) is 2.06. The molecule has 0 aromatic heterocycles. The molecule has 0 heterocycles. The maximum atomic E-state index is 10.6. The van der Waals surface area contributed by atoms with Crippen LogP contribution < -0.4 is 0 Å². The van der Waals surface area contributed by atoms with E-state index in [-0.39, 0.29) is 6.16 Å². The summed E-state index contributed by atoms with van der Waals surface area (Å²) in [4.78, 5) is 0. The van der Waals surface area contributed by atoms with Crippen molar-refractivity contribution in [2.45, 2.75) is 0 Å². The van der Waals surface area contributed by atoms with Crippen LogP contribution in [0, 0.1) is 0 Å². The molecule has 0 saturated heterocycles. The van der Waals surface area contributed by atoms with Crippen LogP contribution in [0.3, 0.4) is 0 Å². The van der Waals surface area contributed by atoms with Gasteiger partial charge in [0.15, 0.2) is 0 Å². The Hall–Kier alpha value is 0.570. The number of thiocarbonyl (C=S) groups is 1. The van der Waals surface area contributed by atoms with Crippen molar-refractivity contribution in [1.29, 1.82) is 0 Å². The van der Waals surface area contributed by atoms with E-state index < -0.39 is 6.72 Å². The van der Waals surface area contributed by atoms with Crippen molar-refractivity contribution >= 4 is 35.5 Å². The summed E-state index contributed by atoms with van der Waals surface area (Å²) in [5, 5.41) is 1.30. The minimum absolute atomic E-state index is 0.153. The Morgan fingerprint density at radius 3 is 2.62 bits per heavy atom. The molecule has 0 aliphatic carbocycles. The quantitative estimate of drug-likeness (QED) is 0.482. The van der Waals surface area contributed by atoms with Gasteiger partial charge in [-0.15, -0.1) is 0 Å².